The summed E-state index contributed by atoms with van der Waals surface area (Å²) >= 11 is 1.63. The van der Waals surface area contributed by atoms with Gasteiger partial charge in [0, 0.05) is 16.2 Å². The number of thiophene rings is 1. The van der Waals surface area contributed by atoms with Gasteiger partial charge >= 0.3 is 0 Å². The minimum Gasteiger partial charge on any atom is -0.394 e. The lowest BCUT2D eigenvalue weighted by molar-refractivity contribution is -0.231. The molecule has 0 bridgehead atoms. The highest BCUT2D eigenvalue weighted by Gasteiger charge is 2.43. The highest BCUT2D eigenvalue weighted by atomic mass is 32.1. The Kier molecular flexibility index (Phi) is 6.52. The number of rotatable bonds is 5. The fourth-order valence-electron chi connectivity index (χ4n) is 3.87. The zero-order valence-electron chi connectivity index (χ0n) is 17.0. The first kappa shape index (κ1) is 22.1. The zero-order valence-corrected chi connectivity index (χ0v) is 17.8. The van der Waals surface area contributed by atoms with E-state index in [9.17, 15) is 24.8 Å². The summed E-state index contributed by atoms with van der Waals surface area (Å²) in [6.07, 6.45) is -5.21. The van der Waals surface area contributed by atoms with E-state index < -0.39 is 37.1 Å². The van der Waals surface area contributed by atoms with Crippen molar-refractivity contribution in [2.45, 2.75) is 43.9 Å². The fourth-order valence-corrected chi connectivity index (χ4v) is 4.90. The van der Waals surface area contributed by atoms with Gasteiger partial charge in [-0.25, -0.2) is 4.39 Å². The van der Waals surface area contributed by atoms with Gasteiger partial charge in [-0.2, -0.15) is 0 Å². The summed E-state index contributed by atoms with van der Waals surface area (Å²) < 4.78 is 18.9. The molecule has 7 heteroatoms. The van der Waals surface area contributed by atoms with Crippen LogP contribution in [0.2, 0.25) is 0 Å². The molecule has 1 aliphatic rings. The van der Waals surface area contributed by atoms with Crippen molar-refractivity contribution in [2.75, 3.05) is 6.61 Å². The van der Waals surface area contributed by atoms with Gasteiger partial charge in [0.25, 0.3) is 0 Å². The van der Waals surface area contributed by atoms with E-state index in [-0.39, 0.29) is 5.82 Å². The Labute approximate surface area is 184 Å². The van der Waals surface area contributed by atoms with Gasteiger partial charge in [0.05, 0.1) is 6.61 Å². The van der Waals surface area contributed by atoms with Gasteiger partial charge in [-0.1, -0.05) is 30.3 Å². The number of ether oxygens (including phenoxy) is 1. The number of aliphatic hydroxyl groups excluding tert-OH is 4. The first-order valence-corrected chi connectivity index (χ1v) is 10.9. The molecule has 0 spiro atoms. The number of aryl methyl sites for hydroxylation is 1. The summed E-state index contributed by atoms with van der Waals surface area (Å²) in [5.41, 5.74) is 3.75. The molecule has 3 aromatic rings. The van der Waals surface area contributed by atoms with Crippen molar-refractivity contribution in [3.63, 3.8) is 0 Å². The standard InChI is InChI=1S/C24H25FO5S/c1-13-2-3-15(24-23(29)22(28)21(27)19(12-26)30-24)10-16(13)11-18-8-9-20(31-18)14-4-6-17(25)7-5-14/h2-10,19,21-24,26-29H,11-12H2,1H3/t19-,21?,22+,23?,24+/m1/s1. The molecule has 1 fully saturated rings. The molecule has 4 rings (SSSR count). The molecule has 2 aromatic carbocycles. The van der Waals surface area contributed by atoms with E-state index in [1.807, 2.05) is 37.3 Å². The van der Waals surface area contributed by atoms with Crippen molar-refractivity contribution >= 4 is 11.3 Å². The van der Waals surface area contributed by atoms with Crippen molar-refractivity contribution in [3.05, 3.63) is 82.0 Å². The summed E-state index contributed by atoms with van der Waals surface area (Å²) in [5, 5.41) is 40.0. The van der Waals surface area contributed by atoms with Crippen molar-refractivity contribution < 1.29 is 29.6 Å². The molecular formula is C24H25FO5S. The number of benzene rings is 2. The fraction of sp³-hybridized carbons (Fsp3) is 0.333. The van der Waals surface area contributed by atoms with Crippen LogP contribution in [0, 0.1) is 12.7 Å². The molecular weight excluding hydrogens is 419 g/mol. The van der Waals surface area contributed by atoms with Crippen LogP contribution in [0.3, 0.4) is 0 Å². The smallest absolute Gasteiger partial charge is 0.123 e. The van der Waals surface area contributed by atoms with Crippen LogP contribution in [-0.4, -0.2) is 51.4 Å². The molecule has 2 heterocycles. The van der Waals surface area contributed by atoms with Gasteiger partial charge in [-0.3, -0.25) is 0 Å². The molecule has 4 N–H and O–H groups in total. The van der Waals surface area contributed by atoms with E-state index in [4.69, 9.17) is 4.74 Å². The highest BCUT2D eigenvalue weighted by Crippen LogP contribution is 2.35. The van der Waals surface area contributed by atoms with Gasteiger partial charge in [0.15, 0.2) is 0 Å². The Morgan fingerprint density at radius 1 is 0.935 bits per heavy atom. The second-order valence-corrected chi connectivity index (χ2v) is 9.05. The Hall–Kier alpha value is -2.13. The first-order chi connectivity index (χ1) is 14.9. The summed E-state index contributed by atoms with van der Waals surface area (Å²) in [6.45, 7) is 1.54. The lowest BCUT2D eigenvalue weighted by Crippen LogP contribution is -2.55. The van der Waals surface area contributed by atoms with E-state index in [1.165, 1.54) is 12.1 Å². The van der Waals surface area contributed by atoms with Gasteiger partial charge in [-0.05, 0) is 53.4 Å². The Balaban J connectivity index is 1.57. The van der Waals surface area contributed by atoms with Crippen LogP contribution in [0.25, 0.3) is 10.4 Å². The molecule has 5 atom stereocenters. The molecule has 1 aliphatic heterocycles. The number of hydrogen-bond acceptors (Lipinski definition) is 6. The third kappa shape index (κ3) is 4.57. The van der Waals surface area contributed by atoms with E-state index in [2.05, 4.69) is 0 Å². The number of aliphatic hydroxyl groups is 4. The second-order valence-electron chi connectivity index (χ2n) is 7.89. The predicted octanol–water partition coefficient (Wildman–Crippen LogP) is 2.97. The molecule has 5 nitrogen and oxygen atoms in total. The Bertz CT molecular complexity index is 1030. The minimum absolute atomic E-state index is 0.263. The molecule has 1 aromatic heterocycles. The van der Waals surface area contributed by atoms with Crippen LogP contribution in [-0.2, 0) is 11.2 Å². The average Bonchev–Trinajstić information content (AvgIpc) is 3.23. The summed E-state index contributed by atoms with van der Waals surface area (Å²) in [7, 11) is 0. The quantitative estimate of drug-likeness (QED) is 0.486. The van der Waals surface area contributed by atoms with Crippen LogP contribution in [0.5, 0.6) is 0 Å². The average molecular weight is 445 g/mol. The molecule has 164 valence electrons. The van der Waals surface area contributed by atoms with E-state index >= 15 is 0 Å². The Morgan fingerprint density at radius 3 is 2.39 bits per heavy atom. The first-order valence-electron chi connectivity index (χ1n) is 10.1. The molecule has 0 saturated carbocycles. The van der Waals surface area contributed by atoms with Crippen molar-refractivity contribution in [3.8, 4) is 10.4 Å². The normalized spacial score (nSPS) is 26.2. The highest BCUT2D eigenvalue weighted by molar-refractivity contribution is 7.15. The van der Waals surface area contributed by atoms with Gasteiger partial charge in [0.2, 0.25) is 0 Å². The number of halogens is 1. The third-order valence-electron chi connectivity index (χ3n) is 5.75. The minimum atomic E-state index is -1.41. The summed E-state index contributed by atoms with van der Waals surface area (Å²) in [4.78, 5) is 2.19. The maximum Gasteiger partial charge on any atom is 0.123 e. The van der Waals surface area contributed by atoms with Gasteiger partial charge in [0.1, 0.15) is 36.3 Å². The molecule has 0 amide bonds. The van der Waals surface area contributed by atoms with Gasteiger partial charge < -0.3 is 25.2 Å². The second kappa shape index (κ2) is 9.16. The molecule has 31 heavy (non-hydrogen) atoms. The molecule has 0 radical (unpaired) electrons. The summed E-state index contributed by atoms with van der Waals surface area (Å²) in [6, 6.07) is 16.2. The van der Waals surface area contributed by atoms with Crippen LogP contribution in [0.4, 0.5) is 4.39 Å². The molecule has 1 saturated heterocycles. The number of hydrogen-bond donors (Lipinski definition) is 4. The van der Waals surface area contributed by atoms with Crippen molar-refractivity contribution in [2.24, 2.45) is 0 Å². The topological polar surface area (TPSA) is 90.2 Å². The maximum absolute atomic E-state index is 13.2. The predicted molar refractivity (Wildman–Crippen MR) is 116 cm³/mol. The van der Waals surface area contributed by atoms with Crippen molar-refractivity contribution in [1.82, 2.24) is 0 Å². The Morgan fingerprint density at radius 2 is 1.68 bits per heavy atom. The zero-order chi connectivity index (χ0) is 22.1. The van der Waals surface area contributed by atoms with Crippen molar-refractivity contribution in [1.29, 1.82) is 0 Å². The molecule has 0 aliphatic carbocycles. The van der Waals surface area contributed by atoms with E-state index in [1.54, 1.807) is 23.5 Å². The maximum atomic E-state index is 13.2. The molecule has 2 unspecified atom stereocenters. The lowest BCUT2D eigenvalue weighted by Gasteiger charge is -2.40. The van der Waals surface area contributed by atoms with E-state index in [0.717, 1.165) is 26.4 Å². The lowest BCUT2D eigenvalue weighted by atomic mass is 9.89. The third-order valence-corrected chi connectivity index (χ3v) is 6.88. The van der Waals surface area contributed by atoms with Crippen LogP contribution in [0.1, 0.15) is 27.7 Å². The largest absolute Gasteiger partial charge is 0.394 e. The van der Waals surface area contributed by atoms with Crippen LogP contribution < -0.4 is 0 Å². The summed E-state index contributed by atoms with van der Waals surface area (Å²) in [5.74, 6) is -0.263. The van der Waals surface area contributed by atoms with Crippen LogP contribution in [0.15, 0.2) is 54.6 Å². The van der Waals surface area contributed by atoms with Crippen LogP contribution >= 0.6 is 11.3 Å². The SMILES string of the molecule is Cc1ccc([C@@H]2O[C@H](CO)C(O)[C@H](O)C2O)cc1Cc1ccc(-c2ccc(F)cc2)s1. The van der Waals surface area contributed by atoms with Gasteiger partial charge in [-0.15, -0.1) is 11.3 Å². The van der Waals surface area contributed by atoms with E-state index in [0.29, 0.717) is 12.0 Å². The monoisotopic (exact) mass is 444 g/mol.